The number of aliphatic hydroxyl groups excluding tert-OH is 2. The predicted octanol–water partition coefficient (Wildman–Crippen LogP) is 17.9. The fourth-order valence-corrected chi connectivity index (χ4v) is 9.41. The first-order chi connectivity index (χ1) is 31.5. The minimum absolute atomic E-state index is 0.0173. The van der Waals surface area contributed by atoms with E-state index < -0.39 is 12.1 Å². The van der Waals surface area contributed by atoms with Gasteiger partial charge in [-0.1, -0.05) is 296 Å². The molecule has 0 aliphatic carbocycles. The molecule has 2 atom stereocenters. The molecule has 3 N–H and O–H groups in total. The van der Waals surface area contributed by atoms with Crippen molar-refractivity contribution in [2.24, 2.45) is 0 Å². The first kappa shape index (κ1) is 62.9. The van der Waals surface area contributed by atoms with Gasteiger partial charge in [0, 0.05) is 12.8 Å². The van der Waals surface area contributed by atoms with Gasteiger partial charge in [0.1, 0.15) is 0 Å². The van der Waals surface area contributed by atoms with Crippen molar-refractivity contribution < 1.29 is 24.5 Å². The molecule has 64 heavy (non-hydrogen) atoms. The zero-order chi connectivity index (χ0) is 46.5. The maximum atomic E-state index is 12.4. The molecule has 0 bridgehead atoms. The van der Waals surface area contributed by atoms with Crippen molar-refractivity contribution in [3.8, 4) is 0 Å². The highest BCUT2D eigenvalue weighted by Crippen LogP contribution is 2.18. The fourth-order valence-electron chi connectivity index (χ4n) is 9.41. The summed E-state index contributed by atoms with van der Waals surface area (Å²) in [6.45, 7) is 4.96. The van der Waals surface area contributed by atoms with Gasteiger partial charge in [-0.2, -0.15) is 0 Å². The van der Waals surface area contributed by atoms with E-state index in [1.807, 2.05) is 0 Å². The number of carbonyl (C=O) groups is 2. The molecule has 0 aliphatic rings. The van der Waals surface area contributed by atoms with Gasteiger partial charge < -0.3 is 20.3 Å². The maximum absolute atomic E-state index is 12.4. The highest BCUT2D eigenvalue weighted by Gasteiger charge is 2.20. The Morgan fingerprint density at radius 1 is 0.375 bits per heavy atom. The molecule has 0 aromatic heterocycles. The lowest BCUT2D eigenvalue weighted by Gasteiger charge is -2.22. The Morgan fingerprint density at radius 2 is 0.641 bits per heavy atom. The monoisotopic (exact) mass is 906 g/mol. The Balaban J connectivity index is 3.32. The summed E-state index contributed by atoms with van der Waals surface area (Å²) in [5, 5.41) is 23.1. The normalized spacial score (nSPS) is 12.5. The van der Waals surface area contributed by atoms with E-state index in [1.165, 1.54) is 263 Å². The molecule has 0 aliphatic heterocycles. The van der Waals surface area contributed by atoms with E-state index in [9.17, 15) is 19.8 Å². The summed E-state index contributed by atoms with van der Waals surface area (Å²) in [7, 11) is 0. The minimum atomic E-state index is -0.660. The first-order valence-electron chi connectivity index (χ1n) is 29.3. The summed E-state index contributed by atoms with van der Waals surface area (Å²) >= 11 is 0. The van der Waals surface area contributed by atoms with E-state index >= 15 is 0 Å². The number of unbranched alkanes of at least 4 members (excludes halogenated alkanes) is 44. The van der Waals surface area contributed by atoms with Gasteiger partial charge in [-0.05, 0) is 25.7 Å². The number of esters is 1. The van der Waals surface area contributed by atoms with Crippen molar-refractivity contribution in [2.75, 3.05) is 13.2 Å². The topological polar surface area (TPSA) is 95.9 Å². The summed E-state index contributed by atoms with van der Waals surface area (Å²) < 4.78 is 5.48. The Bertz CT molecular complexity index is 913. The van der Waals surface area contributed by atoms with Crippen molar-refractivity contribution in [1.29, 1.82) is 0 Å². The average Bonchev–Trinajstić information content (AvgIpc) is 3.29. The largest absolute Gasteiger partial charge is 0.466 e. The lowest BCUT2D eigenvalue weighted by molar-refractivity contribution is -0.143. The van der Waals surface area contributed by atoms with Crippen LogP contribution in [0, 0.1) is 0 Å². The zero-order valence-electron chi connectivity index (χ0n) is 43.5. The zero-order valence-corrected chi connectivity index (χ0v) is 43.5. The Kier molecular flexibility index (Phi) is 53.5. The molecule has 6 nitrogen and oxygen atoms in total. The smallest absolute Gasteiger partial charge is 0.305 e. The number of amides is 1. The quantitative estimate of drug-likeness (QED) is 0.0417. The van der Waals surface area contributed by atoms with E-state index in [1.54, 1.807) is 0 Å². The van der Waals surface area contributed by atoms with Gasteiger partial charge in [-0.15, -0.1) is 0 Å². The molecule has 0 heterocycles. The average molecular weight is 907 g/mol. The summed E-state index contributed by atoms with van der Waals surface area (Å²) in [5.41, 5.74) is 0. The van der Waals surface area contributed by atoms with Gasteiger partial charge in [0.25, 0.3) is 0 Å². The third-order valence-electron chi connectivity index (χ3n) is 13.9. The van der Waals surface area contributed by atoms with Crippen LogP contribution in [0.2, 0.25) is 0 Å². The minimum Gasteiger partial charge on any atom is -0.466 e. The van der Waals surface area contributed by atoms with Crippen LogP contribution in [0.25, 0.3) is 0 Å². The van der Waals surface area contributed by atoms with Crippen LogP contribution in [0.4, 0.5) is 0 Å². The van der Waals surface area contributed by atoms with E-state index in [4.69, 9.17) is 4.74 Å². The lowest BCUT2D eigenvalue weighted by atomic mass is 10.0. The highest BCUT2D eigenvalue weighted by atomic mass is 16.5. The summed E-state index contributed by atoms with van der Waals surface area (Å²) in [6.07, 6.45) is 62.5. The van der Waals surface area contributed by atoms with Crippen molar-refractivity contribution in [3.05, 3.63) is 0 Å². The molecular formula is C58H115NO5. The van der Waals surface area contributed by atoms with Crippen LogP contribution in [0.3, 0.4) is 0 Å². The molecule has 0 aromatic carbocycles. The van der Waals surface area contributed by atoms with Crippen molar-refractivity contribution in [1.82, 2.24) is 5.32 Å². The standard InChI is InChI=1S/C58H115NO5/c1-3-5-7-9-11-13-15-16-29-32-36-40-44-48-52-58(63)64-53-49-45-41-37-33-30-27-25-23-21-19-17-18-20-22-24-26-28-31-35-39-43-47-51-57(62)59-55(54-60)56(61)50-46-42-38-34-14-12-10-8-6-4-2/h55-56,60-61H,3-54H2,1-2H3,(H,59,62). The van der Waals surface area contributed by atoms with Gasteiger partial charge >= 0.3 is 5.97 Å². The summed E-state index contributed by atoms with van der Waals surface area (Å²) in [5.74, 6) is -0.0171. The predicted molar refractivity (Wildman–Crippen MR) is 278 cm³/mol. The third kappa shape index (κ3) is 50.3. The Morgan fingerprint density at radius 3 is 0.953 bits per heavy atom. The highest BCUT2D eigenvalue weighted by molar-refractivity contribution is 5.76. The maximum Gasteiger partial charge on any atom is 0.305 e. The number of rotatable bonds is 55. The molecule has 0 saturated carbocycles. The number of carbonyl (C=O) groups excluding carboxylic acids is 2. The molecule has 1 amide bonds. The molecule has 382 valence electrons. The van der Waals surface area contributed by atoms with Crippen LogP contribution in [0.5, 0.6) is 0 Å². The van der Waals surface area contributed by atoms with Crippen LogP contribution < -0.4 is 5.32 Å². The summed E-state index contributed by atoms with van der Waals surface area (Å²) in [4.78, 5) is 24.5. The number of ether oxygens (including phenoxy) is 1. The second-order valence-electron chi connectivity index (χ2n) is 20.3. The van der Waals surface area contributed by atoms with Crippen LogP contribution in [-0.2, 0) is 14.3 Å². The Hall–Kier alpha value is -1.14. The molecule has 2 unspecified atom stereocenters. The van der Waals surface area contributed by atoms with E-state index in [0.29, 0.717) is 25.9 Å². The van der Waals surface area contributed by atoms with Crippen molar-refractivity contribution in [2.45, 2.75) is 347 Å². The number of hydrogen-bond acceptors (Lipinski definition) is 5. The molecule has 0 spiro atoms. The molecule has 0 radical (unpaired) electrons. The second kappa shape index (κ2) is 54.5. The van der Waals surface area contributed by atoms with E-state index in [0.717, 1.165) is 38.5 Å². The molecular weight excluding hydrogens is 791 g/mol. The van der Waals surface area contributed by atoms with Crippen LogP contribution >= 0.6 is 0 Å². The number of hydrogen-bond donors (Lipinski definition) is 3. The third-order valence-corrected chi connectivity index (χ3v) is 13.9. The second-order valence-corrected chi connectivity index (χ2v) is 20.3. The van der Waals surface area contributed by atoms with Gasteiger partial charge in [0.05, 0.1) is 25.4 Å². The number of aliphatic hydroxyl groups is 2. The SMILES string of the molecule is CCCCCCCCCCCCCCCCC(=O)OCCCCCCCCCCCCCCCCCCCCCCCCCC(=O)NC(CO)C(O)CCCCCCCCCCCC. The van der Waals surface area contributed by atoms with E-state index in [2.05, 4.69) is 19.2 Å². The molecule has 0 saturated heterocycles. The molecule has 0 fully saturated rings. The van der Waals surface area contributed by atoms with Gasteiger partial charge in [0.2, 0.25) is 5.91 Å². The van der Waals surface area contributed by atoms with Gasteiger partial charge in [0.15, 0.2) is 0 Å². The van der Waals surface area contributed by atoms with Gasteiger partial charge in [-0.25, -0.2) is 0 Å². The van der Waals surface area contributed by atoms with Crippen molar-refractivity contribution in [3.63, 3.8) is 0 Å². The van der Waals surface area contributed by atoms with Crippen LogP contribution in [0.15, 0.2) is 0 Å². The molecule has 6 heteroatoms. The lowest BCUT2D eigenvalue weighted by Crippen LogP contribution is -2.45. The van der Waals surface area contributed by atoms with Crippen LogP contribution in [0.1, 0.15) is 335 Å². The van der Waals surface area contributed by atoms with Gasteiger partial charge in [-0.3, -0.25) is 9.59 Å². The Labute approximate surface area is 400 Å². The fraction of sp³-hybridized carbons (Fsp3) is 0.966. The first-order valence-corrected chi connectivity index (χ1v) is 29.3. The molecule has 0 rings (SSSR count). The number of nitrogens with one attached hydrogen (secondary N) is 1. The van der Waals surface area contributed by atoms with Crippen LogP contribution in [-0.4, -0.2) is 47.4 Å². The summed E-state index contributed by atoms with van der Waals surface area (Å²) in [6, 6.07) is -0.538. The van der Waals surface area contributed by atoms with Crippen molar-refractivity contribution >= 4 is 11.9 Å². The van der Waals surface area contributed by atoms with E-state index in [-0.39, 0.29) is 18.5 Å². The molecule has 0 aromatic rings.